The molecule has 8 heteroatoms. The van der Waals surface area contributed by atoms with E-state index in [-0.39, 0.29) is 24.1 Å². The van der Waals surface area contributed by atoms with Crippen LogP contribution in [0.1, 0.15) is 49.3 Å². The molecule has 0 bridgehead atoms. The standard InChI is InChI=1S/C22H29N5O3/c1-15(2)13-19-14-30-22(29)26(19)17-9-11-25(12-10-17)21(28)20-16(3)23-27(24-20)18-7-5-4-6-8-18/h4-8,15,17,19H,9-14H2,1-3H3/t19-/m1/s1. The van der Waals surface area contributed by atoms with Crippen LogP contribution in [0.15, 0.2) is 30.3 Å². The summed E-state index contributed by atoms with van der Waals surface area (Å²) in [4.78, 5) is 30.6. The summed E-state index contributed by atoms with van der Waals surface area (Å²) in [5.41, 5.74) is 1.82. The maximum Gasteiger partial charge on any atom is 0.410 e. The van der Waals surface area contributed by atoms with Crippen LogP contribution in [0.4, 0.5) is 4.79 Å². The van der Waals surface area contributed by atoms with Crippen molar-refractivity contribution in [1.29, 1.82) is 0 Å². The number of aromatic nitrogens is 3. The minimum absolute atomic E-state index is 0.101. The largest absolute Gasteiger partial charge is 0.447 e. The number of cyclic esters (lactones) is 1. The predicted molar refractivity (Wildman–Crippen MR) is 111 cm³/mol. The Kier molecular flexibility index (Phi) is 5.74. The second kappa shape index (κ2) is 8.45. The van der Waals surface area contributed by atoms with Gasteiger partial charge < -0.3 is 9.64 Å². The molecule has 0 radical (unpaired) electrons. The van der Waals surface area contributed by atoms with Gasteiger partial charge in [0.05, 0.1) is 17.4 Å². The number of nitrogens with zero attached hydrogens (tertiary/aromatic N) is 5. The predicted octanol–water partition coefficient (Wildman–Crippen LogP) is 3.05. The second-order valence-electron chi connectivity index (χ2n) is 8.55. The first-order chi connectivity index (χ1) is 14.4. The molecule has 2 fully saturated rings. The number of rotatable bonds is 5. The van der Waals surface area contributed by atoms with Crippen LogP contribution < -0.4 is 0 Å². The van der Waals surface area contributed by atoms with Crippen LogP contribution >= 0.6 is 0 Å². The normalized spacial score (nSPS) is 20.1. The maximum absolute atomic E-state index is 13.1. The summed E-state index contributed by atoms with van der Waals surface area (Å²) in [5, 5.41) is 8.85. The number of para-hydroxylation sites is 1. The summed E-state index contributed by atoms with van der Waals surface area (Å²) in [7, 11) is 0. The number of ether oxygens (including phenoxy) is 1. The Morgan fingerprint density at radius 1 is 1.17 bits per heavy atom. The van der Waals surface area contributed by atoms with Crippen LogP contribution in [-0.2, 0) is 4.74 Å². The number of amides is 2. The Hall–Kier alpha value is -2.90. The molecule has 3 heterocycles. The van der Waals surface area contributed by atoms with Gasteiger partial charge in [-0.2, -0.15) is 9.90 Å². The van der Waals surface area contributed by atoms with E-state index >= 15 is 0 Å². The fourth-order valence-electron chi connectivity index (χ4n) is 4.39. The molecule has 1 aromatic carbocycles. The van der Waals surface area contributed by atoms with Gasteiger partial charge in [0.1, 0.15) is 6.61 Å². The monoisotopic (exact) mass is 411 g/mol. The van der Waals surface area contributed by atoms with E-state index in [1.54, 1.807) is 0 Å². The molecule has 30 heavy (non-hydrogen) atoms. The number of hydrogen-bond acceptors (Lipinski definition) is 5. The van der Waals surface area contributed by atoms with Gasteiger partial charge in [0, 0.05) is 19.1 Å². The molecule has 8 nitrogen and oxygen atoms in total. The third-order valence-electron chi connectivity index (χ3n) is 5.86. The number of likely N-dealkylation sites (tertiary alicyclic amines) is 1. The first-order valence-corrected chi connectivity index (χ1v) is 10.7. The van der Waals surface area contributed by atoms with E-state index in [2.05, 4.69) is 24.0 Å². The molecule has 2 saturated heterocycles. The molecule has 4 rings (SSSR count). The highest BCUT2D eigenvalue weighted by Gasteiger charge is 2.40. The zero-order valence-electron chi connectivity index (χ0n) is 17.8. The smallest absolute Gasteiger partial charge is 0.410 e. The highest BCUT2D eigenvalue weighted by Crippen LogP contribution is 2.27. The molecule has 2 aliphatic heterocycles. The van der Waals surface area contributed by atoms with Crippen molar-refractivity contribution in [1.82, 2.24) is 24.8 Å². The number of piperidine rings is 1. The van der Waals surface area contributed by atoms with Crippen molar-refractivity contribution in [3.8, 4) is 5.69 Å². The van der Waals surface area contributed by atoms with Gasteiger partial charge in [-0.25, -0.2) is 4.79 Å². The molecule has 0 spiro atoms. The maximum atomic E-state index is 13.1. The molecule has 0 aliphatic carbocycles. The fraction of sp³-hybridized carbons (Fsp3) is 0.545. The van der Waals surface area contributed by atoms with Gasteiger partial charge >= 0.3 is 6.09 Å². The molecule has 2 aliphatic rings. The third-order valence-corrected chi connectivity index (χ3v) is 5.86. The van der Waals surface area contributed by atoms with Crippen LogP contribution in [0.25, 0.3) is 5.69 Å². The van der Waals surface area contributed by atoms with Gasteiger partial charge in [-0.15, -0.1) is 5.10 Å². The van der Waals surface area contributed by atoms with Crippen molar-refractivity contribution >= 4 is 12.0 Å². The van der Waals surface area contributed by atoms with Gasteiger partial charge in [-0.3, -0.25) is 9.69 Å². The molecular formula is C22H29N5O3. The van der Waals surface area contributed by atoms with E-state index in [0.29, 0.717) is 37.0 Å². The lowest BCUT2D eigenvalue weighted by Crippen LogP contribution is -2.50. The zero-order valence-corrected chi connectivity index (χ0v) is 17.8. The Labute approximate surface area is 176 Å². The average Bonchev–Trinajstić information content (AvgIpc) is 3.30. The Morgan fingerprint density at radius 2 is 1.87 bits per heavy atom. The summed E-state index contributed by atoms with van der Waals surface area (Å²) in [6, 6.07) is 9.82. The summed E-state index contributed by atoms with van der Waals surface area (Å²) >= 11 is 0. The van der Waals surface area contributed by atoms with Gasteiger partial charge in [-0.05, 0) is 44.2 Å². The van der Waals surface area contributed by atoms with Crippen LogP contribution in [0, 0.1) is 12.8 Å². The van der Waals surface area contributed by atoms with E-state index < -0.39 is 0 Å². The van der Waals surface area contributed by atoms with E-state index in [4.69, 9.17) is 4.74 Å². The van der Waals surface area contributed by atoms with Crippen LogP contribution in [0.2, 0.25) is 0 Å². The number of carbonyl (C=O) groups is 2. The lowest BCUT2D eigenvalue weighted by molar-refractivity contribution is 0.0624. The Bertz CT molecular complexity index is 903. The summed E-state index contributed by atoms with van der Waals surface area (Å²) in [6.07, 6.45) is 2.22. The van der Waals surface area contributed by atoms with Crippen molar-refractivity contribution < 1.29 is 14.3 Å². The van der Waals surface area contributed by atoms with Gasteiger partial charge in [0.2, 0.25) is 0 Å². The van der Waals surface area contributed by atoms with E-state index in [9.17, 15) is 9.59 Å². The molecule has 0 unspecified atom stereocenters. The van der Waals surface area contributed by atoms with Gasteiger partial charge in [0.25, 0.3) is 5.91 Å². The Balaban J connectivity index is 1.41. The summed E-state index contributed by atoms with van der Waals surface area (Å²) in [6.45, 7) is 7.79. The van der Waals surface area contributed by atoms with Crippen molar-refractivity contribution in [2.24, 2.45) is 5.92 Å². The van der Waals surface area contributed by atoms with E-state index in [0.717, 1.165) is 24.9 Å². The van der Waals surface area contributed by atoms with Gasteiger partial charge in [-0.1, -0.05) is 32.0 Å². The SMILES string of the molecule is Cc1nn(-c2ccccc2)nc1C(=O)N1CCC(N2C(=O)OC[C@H]2CC(C)C)CC1. The average molecular weight is 412 g/mol. The van der Waals surface area contributed by atoms with Gasteiger partial charge in [0.15, 0.2) is 5.69 Å². The molecule has 1 aromatic heterocycles. The minimum atomic E-state index is -0.216. The quantitative estimate of drug-likeness (QED) is 0.755. The number of hydrogen-bond donors (Lipinski definition) is 0. The van der Waals surface area contributed by atoms with Crippen LogP contribution in [-0.4, -0.2) is 68.6 Å². The molecule has 2 aromatic rings. The van der Waals surface area contributed by atoms with Crippen molar-refractivity contribution in [2.75, 3.05) is 19.7 Å². The molecule has 1 atom stereocenters. The molecule has 0 N–H and O–H groups in total. The first kappa shape index (κ1) is 20.4. The highest BCUT2D eigenvalue weighted by atomic mass is 16.6. The lowest BCUT2D eigenvalue weighted by Gasteiger charge is -2.38. The minimum Gasteiger partial charge on any atom is -0.447 e. The molecule has 0 saturated carbocycles. The van der Waals surface area contributed by atoms with Crippen molar-refractivity contribution in [2.45, 2.75) is 52.1 Å². The number of benzene rings is 1. The highest BCUT2D eigenvalue weighted by molar-refractivity contribution is 5.93. The van der Waals surface area contributed by atoms with Crippen molar-refractivity contribution in [3.63, 3.8) is 0 Å². The van der Waals surface area contributed by atoms with Crippen LogP contribution in [0.5, 0.6) is 0 Å². The van der Waals surface area contributed by atoms with Crippen molar-refractivity contribution in [3.05, 3.63) is 41.7 Å². The molecule has 2 amide bonds. The van der Waals surface area contributed by atoms with Crippen LogP contribution in [0.3, 0.4) is 0 Å². The topological polar surface area (TPSA) is 80.6 Å². The first-order valence-electron chi connectivity index (χ1n) is 10.7. The fourth-order valence-corrected chi connectivity index (χ4v) is 4.39. The molecular weight excluding hydrogens is 382 g/mol. The molecule has 160 valence electrons. The number of carbonyl (C=O) groups excluding carboxylic acids is 2. The second-order valence-corrected chi connectivity index (χ2v) is 8.55. The third kappa shape index (κ3) is 4.04. The lowest BCUT2D eigenvalue weighted by atomic mass is 9.98. The van der Waals surface area contributed by atoms with E-state index in [1.807, 2.05) is 47.1 Å². The zero-order chi connectivity index (χ0) is 21.3. The number of aryl methyl sites for hydroxylation is 1. The van der Waals surface area contributed by atoms with E-state index in [1.165, 1.54) is 4.80 Å². The summed E-state index contributed by atoms with van der Waals surface area (Å²) < 4.78 is 5.32. The summed E-state index contributed by atoms with van der Waals surface area (Å²) in [5.74, 6) is 0.403. The Morgan fingerprint density at radius 3 is 2.53 bits per heavy atom.